The molecule has 2 rings (SSSR count). The molecule has 0 saturated carbocycles. The minimum absolute atomic E-state index is 0.0334. The normalized spacial score (nSPS) is 12.2. The van der Waals surface area contributed by atoms with E-state index in [4.69, 9.17) is 10.5 Å². The monoisotopic (exact) mass is 277 g/mol. The fraction of sp³-hybridized carbons (Fsp3) is 0.250. The molecule has 0 radical (unpaired) electrons. The quantitative estimate of drug-likeness (QED) is 0.920. The average Bonchev–Trinajstić information content (AvgIpc) is 2.41. The predicted molar refractivity (Wildman–Crippen MR) is 74.5 cm³/mol. The number of nitrogens with two attached hydrogens (primary N) is 1. The van der Waals surface area contributed by atoms with Crippen LogP contribution in [0.5, 0.6) is 5.75 Å². The van der Waals surface area contributed by atoms with Crippen LogP contribution in [0.4, 0.5) is 8.78 Å². The molecule has 0 fully saturated rings. The van der Waals surface area contributed by atoms with Gasteiger partial charge in [-0.15, -0.1) is 0 Å². The van der Waals surface area contributed by atoms with Gasteiger partial charge in [0.2, 0.25) is 0 Å². The Morgan fingerprint density at radius 3 is 2.45 bits per heavy atom. The number of rotatable bonds is 4. The van der Waals surface area contributed by atoms with Crippen LogP contribution in [-0.2, 0) is 6.61 Å². The first kappa shape index (κ1) is 14.5. The minimum Gasteiger partial charge on any atom is -0.489 e. The van der Waals surface area contributed by atoms with Crippen LogP contribution in [0.25, 0.3) is 0 Å². The van der Waals surface area contributed by atoms with E-state index in [-0.39, 0.29) is 12.6 Å². The SMILES string of the molecule is Cc1cc(C(C)N)ccc1OCc1ccc(F)c(F)c1. The fourth-order valence-electron chi connectivity index (χ4n) is 1.91. The van der Waals surface area contributed by atoms with Crippen molar-refractivity contribution in [2.24, 2.45) is 5.73 Å². The Morgan fingerprint density at radius 2 is 1.85 bits per heavy atom. The lowest BCUT2D eigenvalue weighted by Gasteiger charge is -2.12. The van der Waals surface area contributed by atoms with E-state index in [1.165, 1.54) is 6.07 Å². The van der Waals surface area contributed by atoms with E-state index in [0.29, 0.717) is 11.3 Å². The zero-order valence-electron chi connectivity index (χ0n) is 11.5. The minimum atomic E-state index is -0.866. The molecule has 2 N–H and O–H groups in total. The molecule has 0 aliphatic heterocycles. The smallest absolute Gasteiger partial charge is 0.159 e. The molecule has 0 amide bonds. The molecule has 0 heterocycles. The second-order valence-electron chi connectivity index (χ2n) is 4.85. The average molecular weight is 277 g/mol. The zero-order valence-corrected chi connectivity index (χ0v) is 11.5. The topological polar surface area (TPSA) is 35.2 Å². The number of benzene rings is 2. The van der Waals surface area contributed by atoms with Gasteiger partial charge in [-0.05, 0) is 48.7 Å². The van der Waals surface area contributed by atoms with Crippen LogP contribution < -0.4 is 10.5 Å². The first-order valence-electron chi connectivity index (χ1n) is 6.40. The lowest BCUT2D eigenvalue weighted by atomic mass is 10.1. The third-order valence-corrected chi connectivity index (χ3v) is 3.10. The Hall–Kier alpha value is -1.94. The number of hydrogen-bond acceptors (Lipinski definition) is 2. The van der Waals surface area contributed by atoms with Gasteiger partial charge >= 0.3 is 0 Å². The second-order valence-corrected chi connectivity index (χ2v) is 4.85. The molecule has 4 heteroatoms. The zero-order chi connectivity index (χ0) is 14.7. The predicted octanol–water partition coefficient (Wildman–Crippen LogP) is 3.87. The molecular weight excluding hydrogens is 260 g/mol. The molecule has 0 aliphatic rings. The summed E-state index contributed by atoms with van der Waals surface area (Å²) < 4.78 is 31.5. The molecule has 0 bridgehead atoms. The van der Waals surface area contributed by atoms with Crippen LogP contribution in [-0.4, -0.2) is 0 Å². The Bertz CT molecular complexity index is 611. The lowest BCUT2D eigenvalue weighted by Crippen LogP contribution is -2.05. The number of ether oxygens (including phenoxy) is 1. The van der Waals surface area contributed by atoms with E-state index in [0.717, 1.165) is 23.3 Å². The molecule has 2 nitrogen and oxygen atoms in total. The van der Waals surface area contributed by atoms with E-state index >= 15 is 0 Å². The van der Waals surface area contributed by atoms with Gasteiger partial charge in [0, 0.05) is 6.04 Å². The third-order valence-electron chi connectivity index (χ3n) is 3.10. The van der Waals surface area contributed by atoms with Crippen LogP contribution in [0.1, 0.15) is 29.7 Å². The summed E-state index contributed by atoms with van der Waals surface area (Å²) in [6.45, 7) is 4.03. The van der Waals surface area contributed by atoms with Gasteiger partial charge in [0.15, 0.2) is 11.6 Å². The van der Waals surface area contributed by atoms with Crippen LogP contribution in [0.3, 0.4) is 0 Å². The highest BCUT2D eigenvalue weighted by Crippen LogP contribution is 2.23. The van der Waals surface area contributed by atoms with Crippen LogP contribution >= 0.6 is 0 Å². The van der Waals surface area contributed by atoms with Gasteiger partial charge in [0.1, 0.15) is 12.4 Å². The van der Waals surface area contributed by atoms with Crippen molar-refractivity contribution in [1.29, 1.82) is 0 Å². The molecular formula is C16H17F2NO. The van der Waals surface area contributed by atoms with Gasteiger partial charge in [-0.2, -0.15) is 0 Å². The van der Waals surface area contributed by atoms with Gasteiger partial charge in [0.05, 0.1) is 0 Å². The molecule has 0 saturated heterocycles. The van der Waals surface area contributed by atoms with E-state index < -0.39 is 11.6 Å². The second kappa shape index (κ2) is 6.01. The van der Waals surface area contributed by atoms with Crippen molar-refractivity contribution < 1.29 is 13.5 Å². The van der Waals surface area contributed by atoms with E-state index in [2.05, 4.69) is 0 Å². The molecule has 0 spiro atoms. The van der Waals surface area contributed by atoms with Crippen molar-refractivity contribution in [3.05, 3.63) is 64.7 Å². The Morgan fingerprint density at radius 1 is 1.10 bits per heavy atom. The highest BCUT2D eigenvalue weighted by Gasteiger charge is 2.06. The summed E-state index contributed by atoms with van der Waals surface area (Å²) in [7, 11) is 0. The Kier molecular flexibility index (Phi) is 4.35. The summed E-state index contributed by atoms with van der Waals surface area (Å²) in [4.78, 5) is 0. The standard InChI is InChI=1S/C16H17F2NO/c1-10-7-13(11(2)19)4-6-16(10)20-9-12-3-5-14(17)15(18)8-12/h3-8,11H,9,19H2,1-2H3. The maximum atomic E-state index is 13.1. The first-order chi connectivity index (χ1) is 9.47. The first-order valence-corrected chi connectivity index (χ1v) is 6.40. The molecule has 2 aromatic rings. The van der Waals surface area contributed by atoms with Gasteiger partial charge in [-0.3, -0.25) is 0 Å². The summed E-state index contributed by atoms with van der Waals surface area (Å²) in [6.07, 6.45) is 0. The molecule has 1 unspecified atom stereocenters. The molecule has 20 heavy (non-hydrogen) atoms. The Balaban J connectivity index is 2.09. The van der Waals surface area contributed by atoms with Crippen LogP contribution in [0.15, 0.2) is 36.4 Å². The van der Waals surface area contributed by atoms with Crippen LogP contribution in [0.2, 0.25) is 0 Å². The van der Waals surface area contributed by atoms with E-state index in [1.54, 1.807) is 0 Å². The fourth-order valence-corrected chi connectivity index (χ4v) is 1.91. The molecule has 106 valence electrons. The highest BCUT2D eigenvalue weighted by atomic mass is 19.2. The van der Waals surface area contributed by atoms with Crippen molar-refractivity contribution in [1.82, 2.24) is 0 Å². The third kappa shape index (κ3) is 3.33. The number of hydrogen-bond donors (Lipinski definition) is 1. The number of aryl methyl sites for hydroxylation is 1. The van der Waals surface area contributed by atoms with Crippen molar-refractivity contribution in [2.75, 3.05) is 0 Å². The van der Waals surface area contributed by atoms with E-state index in [9.17, 15) is 8.78 Å². The maximum absolute atomic E-state index is 13.1. The van der Waals surface area contributed by atoms with Crippen molar-refractivity contribution >= 4 is 0 Å². The maximum Gasteiger partial charge on any atom is 0.159 e. The summed E-state index contributed by atoms with van der Waals surface area (Å²) in [5.74, 6) is -1.01. The van der Waals surface area contributed by atoms with Crippen LogP contribution in [0, 0.1) is 18.6 Å². The summed E-state index contributed by atoms with van der Waals surface area (Å²) >= 11 is 0. The Labute approximate surface area is 117 Å². The van der Waals surface area contributed by atoms with Gasteiger partial charge in [-0.1, -0.05) is 18.2 Å². The molecule has 1 atom stereocenters. The van der Waals surface area contributed by atoms with E-state index in [1.807, 2.05) is 32.0 Å². The van der Waals surface area contributed by atoms with Crippen molar-refractivity contribution in [3.63, 3.8) is 0 Å². The van der Waals surface area contributed by atoms with Gasteiger partial charge < -0.3 is 10.5 Å². The lowest BCUT2D eigenvalue weighted by molar-refractivity contribution is 0.303. The molecule has 0 aromatic heterocycles. The molecule has 2 aromatic carbocycles. The highest BCUT2D eigenvalue weighted by molar-refractivity contribution is 5.37. The summed E-state index contributed by atoms with van der Waals surface area (Å²) in [6, 6.07) is 9.41. The van der Waals surface area contributed by atoms with Crippen molar-refractivity contribution in [3.8, 4) is 5.75 Å². The van der Waals surface area contributed by atoms with Crippen molar-refractivity contribution in [2.45, 2.75) is 26.5 Å². The summed E-state index contributed by atoms with van der Waals surface area (Å²) in [5.41, 5.74) is 8.38. The summed E-state index contributed by atoms with van der Waals surface area (Å²) in [5, 5.41) is 0. The largest absolute Gasteiger partial charge is 0.489 e. The molecule has 0 aliphatic carbocycles. The number of halogens is 2. The van der Waals surface area contributed by atoms with Gasteiger partial charge in [0.25, 0.3) is 0 Å². The van der Waals surface area contributed by atoms with Gasteiger partial charge in [-0.25, -0.2) is 8.78 Å².